The van der Waals surface area contributed by atoms with E-state index in [4.69, 9.17) is 10.5 Å². The number of rotatable bonds is 5. The Bertz CT molecular complexity index is 378. The molecule has 2 N–H and O–H groups in total. The average molecular weight is 278 g/mol. The van der Waals surface area contributed by atoms with Gasteiger partial charge in [-0.15, -0.1) is 0 Å². The summed E-state index contributed by atoms with van der Waals surface area (Å²) in [6.07, 6.45) is 0.464. The van der Waals surface area contributed by atoms with Crippen LogP contribution in [0.4, 0.5) is 0 Å². The summed E-state index contributed by atoms with van der Waals surface area (Å²) in [6, 6.07) is 0. The summed E-state index contributed by atoms with van der Waals surface area (Å²) in [4.78, 5) is 13.6. The number of nitrogens with zero attached hydrogens (tertiary/aromatic N) is 1. The van der Waals surface area contributed by atoms with Crippen LogP contribution in [0.3, 0.4) is 0 Å². The molecule has 1 saturated heterocycles. The lowest BCUT2D eigenvalue weighted by Gasteiger charge is -2.30. The summed E-state index contributed by atoms with van der Waals surface area (Å²) in [5.74, 6) is -0.0314. The van der Waals surface area contributed by atoms with Crippen LogP contribution in [0.1, 0.15) is 20.3 Å². The summed E-state index contributed by atoms with van der Waals surface area (Å²) >= 11 is 0. The highest BCUT2D eigenvalue weighted by Gasteiger charge is 2.31. The van der Waals surface area contributed by atoms with Crippen molar-refractivity contribution < 1.29 is 17.9 Å². The first kappa shape index (κ1) is 15.4. The highest BCUT2D eigenvalue weighted by Crippen LogP contribution is 2.11. The van der Waals surface area contributed by atoms with Crippen molar-refractivity contribution >= 4 is 15.8 Å². The first-order valence-electron chi connectivity index (χ1n) is 6.16. The van der Waals surface area contributed by atoms with Gasteiger partial charge in [-0.2, -0.15) is 0 Å². The van der Waals surface area contributed by atoms with Crippen molar-refractivity contribution in [3.8, 4) is 0 Å². The van der Waals surface area contributed by atoms with Gasteiger partial charge in [0.25, 0.3) is 0 Å². The molecule has 0 amide bonds. The zero-order valence-electron chi connectivity index (χ0n) is 11.0. The molecular weight excluding hydrogens is 256 g/mol. The highest BCUT2D eigenvalue weighted by molar-refractivity contribution is 7.91. The predicted molar refractivity (Wildman–Crippen MR) is 68.9 cm³/mol. The van der Waals surface area contributed by atoms with Crippen molar-refractivity contribution in [2.75, 3.05) is 37.7 Å². The minimum Gasteiger partial charge on any atom is -0.465 e. The SMILES string of the molecule is CCOC(=O)C(C)(N)CCN1CCS(=O)(=O)CC1. The van der Waals surface area contributed by atoms with Gasteiger partial charge in [-0.05, 0) is 20.3 Å². The summed E-state index contributed by atoms with van der Waals surface area (Å²) in [5.41, 5.74) is 4.89. The standard InChI is InChI=1S/C11H22N2O4S/c1-3-17-10(14)11(2,12)4-5-13-6-8-18(15,16)9-7-13/h3-9,12H2,1-2H3. The van der Waals surface area contributed by atoms with Gasteiger partial charge in [0.05, 0.1) is 18.1 Å². The summed E-state index contributed by atoms with van der Waals surface area (Å²) < 4.78 is 27.4. The molecule has 0 spiro atoms. The van der Waals surface area contributed by atoms with E-state index < -0.39 is 21.3 Å². The molecule has 0 aromatic heterocycles. The second kappa shape index (κ2) is 5.99. The summed E-state index contributed by atoms with van der Waals surface area (Å²) in [5, 5.41) is 0. The van der Waals surface area contributed by atoms with E-state index in [-0.39, 0.29) is 11.5 Å². The minimum absolute atomic E-state index is 0.188. The Hall–Kier alpha value is -0.660. The van der Waals surface area contributed by atoms with E-state index in [2.05, 4.69) is 0 Å². The largest absolute Gasteiger partial charge is 0.465 e. The van der Waals surface area contributed by atoms with Crippen molar-refractivity contribution in [3.63, 3.8) is 0 Å². The van der Waals surface area contributed by atoms with Crippen molar-refractivity contribution in [3.05, 3.63) is 0 Å². The lowest BCUT2D eigenvalue weighted by Crippen LogP contribution is -2.50. The smallest absolute Gasteiger partial charge is 0.325 e. The molecular formula is C11H22N2O4S. The van der Waals surface area contributed by atoms with Crippen molar-refractivity contribution in [2.24, 2.45) is 5.73 Å². The fourth-order valence-electron chi connectivity index (χ4n) is 1.76. The van der Waals surface area contributed by atoms with E-state index >= 15 is 0 Å². The monoisotopic (exact) mass is 278 g/mol. The van der Waals surface area contributed by atoms with Gasteiger partial charge in [-0.3, -0.25) is 4.79 Å². The molecule has 0 saturated carbocycles. The third-order valence-electron chi connectivity index (χ3n) is 3.13. The topological polar surface area (TPSA) is 89.7 Å². The Kier molecular flexibility index (Phi) is 5.12. The van der Waals surface area contributed by atoms with Gasteiger partial charge in [-0.1, -0.05) is 0 Å². The molecule has 0 bridgehead atoms. The molecule has 1 aliphatic rings. The molecule has 1 aliphatic heterocycles. The number of hydrogen-bond acceptors (Lipinski definition) is 6. The minimum atomic E-state index is -2.86. The molecule has 106 valence electrons. The number of ether oxygens (including phenoxy) is 1. The predicted octanol–water partition coefficient (Wildman–Crippen LogP) is -0.613. The molecule has 1 atom stereocenters. The van der Waals surface area contributed by atoms with Crippen LogP contribution in [-0.2, 0) is 19.4 Å². The maximum absolute atomic E-state index is 11.6. The van der Waals surface area contributed by atoms with Gasteiger partial charge in [0.15, 0.2) is 9.84 Å². The first-order valence-corrected chi connectivity index (χ1v) is 7.98. The number of carbonyl (C=O) groups is 1. The molecule has 7 heteroatoms. The molecule has 6 nitrogen and oxygen atoms in total. The van der Waals surface area contributed by atoms with E-state index in [1.165, 1.54) is 0 Å². The molecule has 0 aliphatic carbocycles. The second-order valence-electron chi connectivity index (χ2n) is 4.88. The Morgan fingerprint density at radius 3 is 2.44 bits per heavy atom. The van der Waals surface area contributed by atoms with Gasteiger partial charge in [0, 0.05) is 19.6 Å². The molecule has 1 heterocycles. The van der Waals surface area contributed by atoms with Gasteiger partial charge in [0.1, 0.15) is 5.54 Å². The van der Waals surface area contributed by atoms with Crippen LogP contribution < -0.4 is 5.73 Å². The number of nitrogens with two attached hydrogens (primary N) is 1. The normalized spacial score (nSPS) is 23.3. The van der Waals surface area contributed by atoms with Crippen LogP contribution in [0.15, 0.2) is 0 Å². The van der Waals surface area contributed by atoms with E-state index in [9.17, 15) is 13.2 Å². The van der Waals surface area contributed by atoms with Crippen LogP contribution in [-0.4, -0.2) is 62.6 Å². The fraction of sp³-hybridized carbons (Fsp3) is 0.909. The number of sulfone groups is 1. The summed E-state index contributed by atoms with van der Waals surface area (Å²) in [6.45, 7) is 5.34. The molecule has 1 rings (SSSR count). The Labute approximate surface area is 108 Å². The van der Waals surface area contributed by atoms with Gasteiger partial charge in [0.2, 0.25) is 0 Å². The fourth-order valence-corrected chi connectivity index (χ4v) is 3.04. The lowest BCUT2D eigenvalue weighted by atomic mass is 9.99. The van der Waals surface area contributed by atoms with Gasteiger partial charge >= 0.3 is 5.97 Å². The van der Waals surface area contributed by atoms with E-state index in [0.29, 0.717) is 32.7 Å². The van der Waals surface area contributed by atoms with Crippen LogP contribution in [0.2, 0.25) is 0 Å². The Morgan fingerprint density at radius 1 is 1.39 bits per heavy atom. The first-order chi connectivity index (χ1) is 8.27. The molecule has 18 heavy (non-hydrogen) atoms. The molecule has 0 aromatic carbocycles. The maximum Gasteiger partial charge on any atom is 0.325 e. The molecule has 0 radical (unpaired) electrons. The van der Waals surface area contributed by atoms with E-state index in [1.54, 1.807) is 13.8 Å². The molecule has 0 aromatic rings. The molecule has 1 fully saturated rings. The van der Waals surface area contributed by atoms with Crippen molar-refractivity contribution in [1.29, 1.82) is 0 Å². The van der Waals surface area contributed by atoms with Crippen molar-refractivity contribution in [2.45, 2.75) is 25.8 Å². The second-order valence-corrected chi connectivity index (χ2v) is 7.19. The number of hydrogen-bond donors (Lipinski definition) is 1. The summed E-state index contributed by atoms with van der Waals surface area (Å²) in [7, 11) is -2.86. The average Bonchev–Trinajstić information content (AvgIpc) is 2.28. The highest BCUT2D eigenvalue weighted by atomic mass is 32.2. The van der Waals surface area contributed by atoms with E-state index in [1.807, 2.05) is 4.90 Å². The third-order valence-corrected chi connectivity index (χ3v) is 4.74. The number of esters is 1. The van der Waals surface area contributed by atoms with Crippen LogP contribution in [0.25, 0.3) is 0 Å². The van der Waals surface area contributed by atoms with Gasteiger partial charge < -0.3 is 15.4 Å². The number of carbonyl (C=O) groups excluding carboxylic acids is 1. The van der Waals surface area contributed by atoms with Crippen LogP contribution in [0, 0.1) is 0 Å². The van der Waals surface area contributed by atoms with E-state index in [0.717, 1.165) is 0 Å². The van der Waals surface area contributed by atoms with Gasteiger partial charge in [-0.25, -0.2) is 8.42 Å². The molecule has 1 unspecified atom stereocenters. The Balaban J connectivity index is 2.39. The lowest BCUT2D eigenvalue weighted by molar-refractivity contribution is -0.149. The van der Waals surface area contributed by atoms with Crippen LogP contribution in [0.5, 0.6) is 0 Å². The zero-order chi connectivity index (χ0) is 13.8. The quantitative estimate of drug-likeness (QED) is 0.675. The zero-order valence-corrected chi connectivity index (χ0v) is 11.8. The Morgan fingerprint density at radius 2 is 1.94 bits per heavy atom. The van der Waals surface area contributed by atoms with Crippen molar-refractivity contribution in [1.82, 2.24) is 4.90 Å². The maximum atomic E-state index is 11.6. The third kappa shape index (κ3) is 4.55. The van der Waals surface area contributed by atoms with Crippen LogP contribution >= 0.6 is 0 Å².